The van der Waals surface area contributed by atoms with Crippen molar-refractivity contribution in [2.75, 3.05) is 13.1 Å². The summed E-state index contributed by atoms with van der Waals surface area (Å²) in [5.41, 5.74) is 0.680. The van der Waals surface area contributed by atoms with E-state index in [1.807, 2.05) is 0 Å². The molecule has 0 spiro atoms. The molecule has 1 amide bonds. The highest BCUT2D eigenvalue weighted by Crippen LogP contribution is 2.32. The molecule has 7 heteroatoms. The van der Waals surface area contributed by atoms with Crippen LogP contribution in [0.1, 0.15) is 23.7 Å². The normalized spacial score (nSPS) is 18.0. The SMILES string of the molecule is C=CC(c1ccc(Br)cc1)S(=O)(=O)C1CCN(C(=O)O)CC1. The van der Waals surface area contributed by atoms with Crippen LogP contribution in [0.2, 0.25) is 0 Å². The first-order valence-electron chi connectivity index (χ1n) is 6.95. The number of piperidine rings is 1. The van der Waals surface area contributed by atoms with Gasteiger partial charge in [-0.3, -0.25) is 0 Å². The van der Waals surface area contributed by atoms with Crippen molar-refractivity contribution in [2.24, 2.45) is 0 Å². The van der Waals surface area contributed by atoms with Gasteiger partial charge in [0.25, 0.3) is 0 Å². The standard InChI is InChI=1S/C15H18BrNO4S/c1-2-14(11-3-5-12(16)6-4-11)22(20,21)13-7-9-17(10-8-13)15(18)19/h2-6,13-14H,1,7-10H2,(H,18,19). The van der Waals surface area contributed by atoms with Gasteiger partial charge in [0.1, 0.15) is 5.25 Å². The average molecular weight is 388 g/mol. The lowest BCUT2D eigenvalue weighted by molar-refractivity contribution is 0.136. The lowest BCUT2D eigenvalue weighted by Gasteiger charge is -2.31. The molecule has 1 aliphatic rings. The zero-order valence-corrected chi connectivity index (χ0v) is 14.4. The fourth-order valence-electron chi connectivity index (χ4n) is 2.70. The smallest absolute Gasteiger partial charge is 0.407 e. The molecule has 1 aromatic carbocycles. The second-order valence-corrected chi connectivity index (χ2v) is 8.53. The van der Waals surface area contributed by atoms with E-state index < -0.39 is 26.4 Å². The van der Waals surface area contributed by atoms with Gasteiger partial charge in [-0.15, -0.1) is 6.58 Å². The van der Waals surface area contributed by atoms with Crippen LogP contribution in [0.25, 0.3) is 0 Å². The summed E-state index contributed by atoms with van der Waals surface area (Å²) < 4.78 is 26.5. The van der Waals surface area contributed by atoms with E-state index in [0.29, 0.717) is 18.4 Å². The molecule has 5 nitrogen and oxygen atoms in total. The third kappa shape index (κ3) is 3.52. The molecule has 0 aliphatic carbocycles. The molecule has 0 aromatic heterocycles. The molecule has 0 saturated carbocycles. The zero-order chi connectivity index (χ0) is 16.3. The minimum Gasteiger partial charge on any atom is -0.465 e. The number of benzene rings is 1. The van der Waals surface area contributed by atoms with E-state index in [2.05, 4.69) is 22.5 Å². The first kappa shape index (κ1) is 17.0. The summed E-state index contributed by atoms with van der Waals surface area (Å²) in [5.74, 6) is 0. The molecule has 1 heterocycles. The van der Waals surface area contributed by atoms with Crippen LogP contribution in [0.15, 0.2) is 41.4 Å². The van der Waals surface area contributed by atoms with Gasteiger partial charge in [-0.2, -0.15) is 0 Å². The van der Waals surface area contributed by atoms with E-state index in [0.717, 1.165) is 4.47 Å². The third-order valence-corrected chi connectivity index (χ3v) is 7.05. The molecule has 0 radical (unpaired) electrons. The van der Waals surface area contributed by atoms with E-state index in [-0.39, 0.29) is 13.1 Å². The summed E-state index contributed by atoms with van der Waals surface area (Å²) in [6.45, 7) is 4.18. The fourth-order valence-corrected chi connectivity index (χ4v) is 5.05. The van der Waals surface area contributed by atoms with Crippen LogP contribution in [0.3, 0.4) is 0 Å². The van der Waals surface area contributed by atoms with Crippen LogP contribution in [-0.2, 0) is 9.84 Å². The van der Waals surface area contributed by atoms with E-state index in [4.69, 9.17) is 5.11 Å². The molecule has 1 atom stereocenters. The van der Waals surface area contributed by atoms with Crippen molar-refractivity contribution in [2.45, 2.75) is 23.3 Å². The van der Waals surface area contributed by atoms with E-state index >= 15 is 0 Å². The highest BCUT2D eigenvalue weighted by molar-refractivity contribution is 9.10. The van der Waals surface area contributed by atoms with Crippen molar-refractivity contribution in [3.8, 4) is 0 Å². The van der Waals surface area contributed by atoms with Crippen molar-refractivity contribution in [1.29, 1.82) is 0 Å². The number of nitrogens with zero attached hydrogens (tertiary/aromatic N) is 1. The Morgan fingerprint density at radius 2 is 1.86 bits per heavy atom. The predicted octanol–water partition coefficient (Wildman–Crippen LogP) is 3.23. The minimum atomic E-state index is -3.44. The van der Waals surface area contributed by atoms with Gasteiger partial charge in [-0.05, 0) is 30.5 Å². The summed E-state index contributed by atoms with van der Waals surface area (Å²) in [6.07, 6.45) is 1.11. The summed E-state index contributed by atoms with van der Waals surface area (Å²) in [6, 6.07) is 7.13. The first-order valence-corrected chi connectivity index (χ1v) is 9.35. The van der Waals surface area contributed by atoms with Gasteiger partial charge in [0, 0.05) is 17.6 Å². The van der Waals surface area contributed by atoms with Crippen LogP contribution in [0.4, 0.5) is 4.79 Å². The Morgan fingerprint density at radius 1 is 1.32 bits per heavy atom. The molecule has 1 aliphatic heterocycles. The number of hydrogen-bond donors (Lipinski definition) is 1. The predicted molar refractivity (Wildman–Crippen MR) is 88.6 cm³/mol. The number of carbonyl (C=O) groups is 1. The molecule has 1 aromatic rings. The molecule has 0 bridgehead atoms. The lowest BCUT2D eigenvalue weighted by atomic mass is 10.1. The Bertz CT molecular complexity index is 649. The maximum absolute atomic E-state index is 12.8. The molecule has 22 heavy (non-hydrogen) atoms. The molecular formula is C15H18BrNO4S. The summed E-state index contributed by atoms with van der Waals surface area (Å²) >= 11 is 3.33. The van der Waals surface area contributed by atoms with Crippen molar-refractivity contribution >= 4 is 31.9 Å². The van der Waals surface area contributed by atoms with Crippen LogP contribution in [0, 0.1) is 0 Å². The molecular weight excluding hydrogens is 370 g/mol. The van der Waals surface area contributed by atoms with Gasteiger partial charge in [0.05, 0.1) is 5.25 Å². The van der Waals surface area contributed by atoms with Crippen LogP contribution >= 0.6 is 15.9 Å². The second kappa shape index (κ2) is 6.83. The number of halogens is 1. The summed E-state index contributed by atoms with van der Waals surface area (Å²) in [7, 11) is -3.44. The van der Waals surface area contributed by atoms with Gasteiger partial charge in [-0.1, -0.05) is 34.1 Å². The highest BCUT2D eigenvalue weighted by atomic mass is 79.9. The Kier molecular flexibility index (Phi) is 5.28. The number of sulfone groups is 1. The molecule has 1 saturated heterocycles. The van der Waals surface area contributed by atoms with Crippen LogP contribution in [0.5, 0.6) is 0 Å². The maximum atomic E-state index is 12.8. The van der Waals surface area contributed by atoms with E-state index in [1.165, 1.54) is 11.0 Å². The molecule has 120 valence electrons. The average Bonchev–Trinajstić information content (AvgIpc) is 2.50. The minimum absolute atomic E-state index is 0.253. The topological polar surface area (TPSA) is 74.7 Å². The Morgan fingerprint density at radius 3 is 2.32 bits per heavy atom. The van der Waals surface area contributed by atoms with Crippen LogP contribution in [-0.4, -0.2) is 42.9 Å². The quantitative estimate of drug-likeness (QED) is 0.804. The van der Waals surface area contributed by atoms with Gasteiger partial charge in [0.2, 0.25) is 0 Å². The third-order valence-electron chi connectivity index (χ3n) is 3.94. The second-order valence-electron chi connectivity index (χ2n) is 5.27. The number of hydrogen-bond acceptors (Lipinski definition) is 3. The van der Waals surface area contributed by atoms with Crippen molar-refractivity contribution < 1.29 is 18.3 Å². The largest absolute Gasteiger partial charge is 0.465 e. The monoisotopic (exact) mass is 387 g/mol. The maximum Gasteiger partial charge on any atom is 0.407 e. The molecule has 1 N–H and O–H groups in total. The van der Waals surface area contributed by atoms with Crippen LogP contribution < -0.4 is 0 Å². The fraction of sp³-hybridized carbons (Fsp3) is 0.400. The zero-order valence-electron chi connectivity index (χ0n) is 12.0. The van der Waals surface area contributed by atoms with Crippen molar-refractivity contribution in [3.05, 3.63) is 47.0 Å². The molecule has 2 rings (SSSR count). The van der Waals surface area contributed by atoms with Gasteiger partial charge >= 0.3 is 6.09 Å². The number of amides is 1. The van der Waals surface area contributed by atoms with Gasteiger partial charge < -0.3 is 10.0 Å². The molecule has 1 fully saturated rings. The lowest BCUT2D eigenvalue weighted by Crippen LogP contribution is -2.42. The molecule has 1 unspecified atom stereocenters. The van der Waals surface area contributed by atoms with Gasteiger partial charge in [-0.25, -0.2) is 13.2 Å². The van der Waals surface area contributed by atoms with Gasteiger partial charge in [0.15, 0.2) is 9.84 Å². The summed E-state index contributed by atoms with van der Waals surface area (Å²) in [4.78, 5) is 12.2. The van der Waals surface area contributed by atoms with E-state index in [1.54, 1.807) is 24.3 Å². The highest BCUT2D eigenvalue weighted by Gasteiger charge is 2.36. The first-order chi connectivity index (χ1) is 10.4. The number of rotatable bonds is 4. The summed E-state index contributed by atoms with van der Waals surface area (Å²) in [5, 5.41) is 7.65. The van der Waals surface area contributed by atoms with Crippen molar-refractivity contribution in [3.63, 3.8) is 0 Å². The van der Waals surface area contributed by atoms with Crippen molar-refractivity contribution in [1.82, 2.24) is 4.90 Å². The van der Waals surface area contributed by atoms with E-state index in [9.17, 15) is 13.2 Å². The number of carboxylic acid groups (broad SMARTS) is 1. The Balaban J connectivity index is 2.19. The Hall–Kier alpha value is -1.34. The Labute approximate surface area is 138 Å². The number of likely N-dealkylation sites (tertiary alicyclic amines) is 1.